The number of anilines is 1. The molecule has 0 heterocycles. The molecule has 1 aromatic rings. The van der Waals surface area contributed by atoms with E-state index >= 15 is 0 Å². The SMILES string of the molecule is NC(=O)OCCNC(=O)Nc1c(F)cccc1C(=O)O. The van der Waals surface area contributed by atoms with Crippen LogP contribution in [0.1, 0.15) is 10.4 Å². The first kappa shape index (κ1) is 15.2. The summed E-state index contributed by atoms with van der Waals surface area (Å²) in [5.41, 5.74) is 3.87. The number of para-hydroxylation sites is 1. The minimum atomic E-state index is -1.38. The van der Waals surface area contributed by atoms with Gasteiger partial charge in [-0.15, -0.1) is 0 Å². The van der Waals surface area contributed by atoms with Crippen molar-refractivity contribution in [1.29, 1.82) is 0 Å². The van der Waals surface area contributed by atoms with Crippen LogP contribution in [0.25, 0.3) is 0 Å². The number of benzene rings is 1. The molecular formula is C11H12FN3O5. The Hall–Kier alpha value is -2.84. The van der Waals surface area contributed by atoms with Gasteiger partial charge in [0, 0.05) is 0 Å². The highest BCUT2D eigenvalue weighted by molar-refractivity contribution is 6.00. The van der Waals surface area contributed by atoms with E-state index in [1.54, 1.807) is 0 Å². The molecule has 5 N–H and O–H groups in total. The van der Waals surface area contributed by atoms with Crippen LogP contribution in [0.3, 0.4) is 0 Å². The normalized spacial score (nSPS) is 9.65. The molecule has 0 spiro atoms. The minimum absolute atomic E-state index is 0.0639. The Morgan fingerprint density at radius 1 is 1.35 bits per heavy atom. The van der Waals surface area contributed by atoms with Crippen molar-refractivity contribution < 1.29 is 28.6 Å². The Morgan fingerprint density at radius 2 is 2.05 bits per heavy atom. The van der Waals surface area contributed by atoms with Crippen LogP contribution in [0.5, 0.6) is 0 Å². The average Bonchev–Trinajstić information content (AvgIpc) is 2.36. The first-order valence-electron chi connectivity index (χ1n) is 5.40. The second kappa shape index (κ2) is 6.92. The molecule has 0 unspecified atom stereocenters. The number of rotatable bonds is 5. The molecule has 20 heavy (non-hydrogen) atoms. The lowest BCUT2D eigenvalue weighted by Gasteiger charge is -2.10. The van der Waals surface area contributed by atoms with E-state index in [0.717, 1.165) is 12.1 Å². The number of hydrogen-bond acceptors (Lipinski definition) is 4. The summed E-state index contributed by atoms with van der Waals surface area (Å²) in [6.45, 7) is -0.225. The monoisotopic (exact) mass is 285 g/mol. The van der Waals surface area contributed by atoms with Gasteiger partial charge in [-0.25, -0.2) is 18.8 Å². The van der Waals surface area contributed by atoms with E-state index in [1.807, 2.05) is 0 Å². The molecule has 0 aliphatic heterocycles. The summed E-state index contributed by atoms with van der Waals surface area (Å²) < 4.78 is 17.8. The summed E-state index contributed by atoms with van der Waals surface area (Å²) in [4.78, 5) is 32.6. The molecule has 0 aliphatic carbocycles. The highest BCUT2D eigenvalue weighted by Crippen LogP contribution is 2.19. The van der Waals surface area contributed by atoms with Gasteiger partial charge in [0.1, 0.15) is 12.4 Å². The molecule has 0 aromatic heterocycles. The van der Waals surface area contributed by atoms with Gasteiger partial charge in [-0.3, -0.25) is 0 Å². The number of ether oxygens (including phenoxy) is 1. The van der Waals surface area contributed by atoms with Crippen LogP contribution >= 0.6 is 0 Å². The van der Waals surface area contributed by atoms with E-state index in [9.17, 15) is 18.8 Å². The van der Waals surface area contributed by atoms with Gasteiger partial charge in [0.15, 0.2) is 0 Å². The fourth-order valence-electron chi connectivity index (χ4n) is 1.30. The molecule has 0 bridgehead atoms. The van der Waals surface area contributed by atoms with E-state index in [-0.39, 0.29) is 18.7 Å². The van der Waals surface area contributed by atoms with Gasteiger partial charge in [0.2, 0.25) is 0 Å². The number of carbonyl (C=O) groups excluding carboxylic acids is 2. The lowest BCUT2D eigenvalue weighted by Crippen LogP contribution is -2.33. The smallest absolute Gasteiger partial charge is 0.404 e. The number of nitrogens with one attached hydrogen (secondary N) is 2. The van der Waals surface area contributed by atoms with Crippen molar-refractivity contribution in [3.8, 4) is 0 Å². The van der Waals surface area contributed by atoms with Gasteiger partial charge in [0.05, 0.1) is 17.8 Å². The first-order valence-corrected chi connectivity index (χ1v) is 5.40. The molecule has 108 valence electrons. The van der Waals surface area contributed by atoms with Gasteiger partial charge in [-0.1, -0.05) is 6.07 Å². The summed E-state index contributed by atoms with van der Waals surface area (Å²) in [6, 6.07) is 2.53. The van der Waals surface area contributed by atoms with Crippen molar-refractivity contribution in [3.05, 3.63) is 29.6 Å². The maximum Gasteiger partial charge on any atom is 0.404 e. The average molecular weight is 285 g/mol. The number of carboxylic acid groups (broad SMARTS) is 1. The summed E-state index contributed by atoms with van der Waals surface area (Å²) in [6.07, 6.45) is -0.991. The zero-order valence-corrected chi connectivity index (χ0v) is 10.2. The second-order valence-electron chi connectivity index (χ2n) is 3.52. The number of aromatic carboxylic acids is 1. The number of halogens is 1. The fraction of sp³-hybridized carbons (Fsp3) is 0.182. The number of primary amides is 1. The molecule has 0 aliphatic rings. The summed E-state index contributed by atoms with van der Waals surface area (Å²) in [5, 5.41) is 13.2. The third kappa shape index (κ3) is 4.44. The highest BCUT2D eigenvalue weighted by Gasteiger charge is 2.16. The minimum Gasteiger partial charge on any atom is -0.478 e. The number of carboxylic acids is 1. The van der Waals surface area contributed by atoms with Crippen molar-refractivity contribution >= 4 is 23.8 Å². The molecule has 8 nitrogen and oxygen atoms in total. The van der Waals surface area contributed by atoms with Crippen LogP contribution in [0, 0.1) is 5.82 Å². The number of hydrogen-bond donors (Lipinski definition) is 4. The molecule has 0 atom stereocenters. The zero-order chi connectivity index (χ0) is 15.1. The van der Waals surface area contributed by atoms with E-state index in [2.05, 4.69) is 15.4 Å². The molecule has 0 fully saturated rings. The molecule has 1 rings (SSSR count). The van der Waals surface area contributed by atoms with Crippen molar-refractivity contribution in [2.24, 2.45) is 5.73 Å². The fourth-order valence-corrected chi connectivity index (χ4v) is 1.30. The number of urea groups is 1. The maximum atomic E-state index is 13.5. The second-order valence-corrected chi connectivity index (χ2v) is 3.52. The Labute approximate surface area is 112 Å². The van der Waals surface area contributed by atoms with Crippen molar-refractivity contribution in [1.82, 2.24) is 5.32 Å². The molecule has 1 aromatic carbocycles. The van der Waals surface area contributed by atoms with Crippen LogP contribution in [0.4, 0.5) is 19.7 Å². The summed E-state index contributed by atoms with van der Waals surface area (Å²) in [7, 11) is 0. The van der Waals surface area contributed by atoms with Crippen molar-refractivity contribution in [2.75, 3.05) is 18.5 Å². The lowest BCUT2D eigenvalue weighted by molar-refractivity contribution is 0.0697. The predicted octanol–water partition coefficient (Wildman–Crippen LogP) is 0.741. The van der Waals surface area contributed by atoms with E-state index < -0.39 is 29.6 Å². The number of carbonyl (C=O) groups is 3. The quantitative estimate of drug-likeness (QED) is 0.593. The van der Waals surface area contributed by atoms with Crippen LogP contribution in [-0.2, 0) is 4.74 Å². The van der Waals surface area contributed by atoms with Crippen LogP contribution in [0.2, 0.25) is 0 Å². The Balaban J connectivity index is 2.62. The predicted molar refractivity (Wildman–Crippen MR) is 65.9 cm³/mol. The number of nitrogens with two attached hydrogens (primary N) is 1. The largest absolute Gasteiger partial charge is 0.478 e. The number of amides is 3. The Morgan fingerprint density at radius 3 is 2.65 bits per heavy atom. The molecule has 3 amide bonds. The van der Waals surface area contributed by atoms with E-state index in [0.29, 0.717) is 0 Å². The molecule has 0 radical (unpaired) electrons. The molecular weight excluding hydrogens is 273 g/mol. The van der Waals surface area contributed by atoms with Crippen LogP contribution in [0.15, 0.2) is 18.2 Å². The van der Waals surface area contributed by atoms with Gasteiger partial charge in [0.25, 0.3) is 0 Å². The third-order valence-electron chi connectivity index (χ3n) is 2.11. The van der Waals surface area contributed by atoms with Crippen LogP contribution in [-0.4, -0.2) is 36.4 Å². The first-order chi connectivity index (χ1) is 9.41. The van der Waals surface area contributed by atoms with Gasteiger partial charge >= 0.3 is 18.1 Å². The zero-order valence-electron chi connectivity index (χ0n) is 10.2. The van der Waals surface area contributed by atoms with E-state index in [4.69, 9.17) is 10.8 Å². The summed E-state index contributed by atoms with van der Waals surface area (Å²) in [5.74, 6) is -2.26. The highest BCUT2D eigenvalue weighted by atomic mass is 19.1. The third-order valence-corrected chi connectivity index (χ3v) is 2.11. The van der Waals surface area contributed by atoms with Gasteiger partial charge < -0.3 is 26.2 Å². The Bertz CT molecular complexity index is 535. The summed E-state index contributed by atoms with van der Waals surface area (Å²) >= 11 is 0. The standard InChI is InChI=1S/C11H12FN3O5/c12-7-3-1-2-6(9(16)17)8(7)15-11(19)14-4-5-20-10(13)18/h1-3H,4-5H2,(H2,13,18)(H,16,17)(H2,14,15,19). The van der Waals surface area contributed by atoms with E-state index in [1.165, 1.54) is 6.07 Å². The van der Waals surface area contributed by atoms with Gasteiger partial charge in [-0.2, -0.15) is 0 Å². The molecule has 9 heteroatoms. The molecule has 0 saturated heterocycles. The van der Waals surface area contributed by atoms with Crippen molar-refractivity contribution in [2.45, 2.75) is 0 Å². The lowest BCUT2D eigenvalue weighted by atomic mass is 10.1. The van der Waals surface area contributed by atoms with Gasteiger partial charge in [-0.05, 0) is 12.1 Å². The maximum absolute atomic E-state index is 13.5. The topological polar surface area (TPSA) is 131 Å². The van der Waals surface area contributed by atoms with Crippen molar-refractivity contribution in [3.63, 3.8) is 0 Å². The van der Waals surface area contributed by atoms with Crippen LogP contribution < -0.4 is 16.4 Å². The molecule has 0 saturated carbocycles. The Kier molecular flexibility index (Phi) is 5.27.